The lowest BCUT2D eigenvalue weighted by Crippen LogP contribution is -2.40. The van der Waals surface area contributed by atoms with Crippen LogP contribution in [0.2, 0.25) is 0 Å². The van der Waals surface area contributed by atoms with E-state index in [1.807, 2.05) is 39.2 Å². The molecule has 0 spiro atoms. The monoisotopic (exact) mass is 429 g/mol. The van der Waals surface area contributed by atoms with E-state index in [9.17, 15) is 4.79 Å². The largest absolute Gasteiger partial charge is 0.444 e. The van der Waals surface area contributed by atoms with Crippen LogP contribution < -0.4 is 10.2 Å². The van der Waals surface area contributed by atoms with Crippen LogP contribution in [0.25, 0.3) is 33.1 Å². The highest BCUT2D eigenvalue weighted by Gasteiger charge is 2.27. The molecule has 3 aromatic heterocycles. The third-order valence-corrected chi connectivity index (χ3v) is 5.73. The summed E-state index contributed by atoms with van der Waals surface area (Å²) >= 11 is 0. The predicted octanol–water partition coefficient (Wildman–Crippen LogP) is 4.88. The molecule has 164 valence electrons. The topological polar surface area (TPSA) is 83.1 Å². The lowest BCUT2D eigenvalue weighted by atomic mass is 10.0. The van der Waals surface area contributed by atoms with Crippen LogP contribution in [0.1, 0.15) is 27.2 Å². The van der Waals surface area contributed by atoms with E-state index in [1.54, 1.807) is 6.20 Å². The molecule has 7 heteroatoms. The fraction of sp³-hybridized carbons (Fsp3) is 0.320. The summed E-state index contributed by atoms with van der Waals surface area (Å²) in [5.74, 6) is 0. The fourth-order valence-electron chi connectivity index (χ4n) is 4.34. The minimum atomic E-state index is -0.502. The molecule has 1 aromatic carbocycles. The molecular formula is C25H27N5O2. The number of fused-ring (bicyclic) bond motifs is 2. The second-order valence-electron chi connectivity index (χ2n) is 9.24. The standard InChI is InChI=1S/C25H27N5O2/c1-25(2,3)32-24(31)29-17-9-12-30(15-17)22-8-11-26-21-7-6-16(13-19(21)22)20-14-28-23-18(20)5-4-10-27-23/h4-8,10-11,13-14,17H,9,12,15H2,1-3H3,(H,27,28)(H,29,31). The van der Waals surface area contributed by atoms with Crippen molar-refractivity contribution in [3.8, 4) is 11.1 Å². The fourth-order valence-corrected chi connectivity index (χ4v) is 4.34. The molecule has 0 aliphatic carbocycles. The molecule has 4 aromatic rings. The number of alkyl carbamates (subject to hydrolysis) is 1. The third-order valence-electron chi connectivity index (χ3n) is 5.73. The number of H-pyrrole nitrogens is 1. The number of hydrogen-bond acceptors (Lipinski definition) is 5. The summed E-state index contributed by atoms with van der Waals surface area (Å²) in [6.45, 7) is 7.22. The number of ether oxygens (including phenoxy) is 1. The lowest BCUT2D eigenvalue weighted by Gasteiger charge is -2.23. The Morgan fingerprint density at radius 2 is 2.03 bits per heavy atom. The molecule has 1 fully saturated rings. The molecule has 7 nitrogen and oxygen atoms in total. The average molecular weight is 430 g/mol. The van der Waals surface area contributed by atoms with E-state index in [4.69, 9.17) is 4.74 Å². The number of hydrogen-bond donors (Lipinski definition) is 2. The molecule has 1 amide bonds. The molecule has 1 saturated heterocycles. The van der Waals surface area contributed by atoms with Crippen molar-refractivity contribution < 1.29 is 9.53 Å². The number of carbonyl (C=O) groups is 1. The van der Waals surface area contributed by atoms with Gasteiger partial charge in [0.1, 0.15) is 11.2 Å². The average Bonchev–Trinajstić information content (AvgIpc) is 3.38. The number of carbonyl (C=O) groups excluding carboxylic acids is 1. The molecule has 32 heavy (non-hydrogen) atoms. The number of amides is 1. The van der Waals surface area contributed by atoms with Gasteiger partial charge in [0.2, 0.25) is 0 Å². The Balaban J connectivity index is 1.42. The van der Waals surface area contributed by atoms with Crippen molar-refractivity contribution in [1.82, 2.24) is 20.3 Å². The van der Waals surface area contributed by atoms with Crippen molar-refractivity contribution in [2.45, 2.75) is 38.8 Å². The maximum Gasteiger partial charge on any atom is 0.407 e. The molecule has 4 heterocycles. The number of aromatic nitrogens is 3. The molecule has 0 radical (unpaired) electrons. The minimum Gasteiger partial charge on any atom is -0.444 e. The van der Waals surface area contributed by atoms with E-state index in [1.165, 1.54) is 0 Å². The first kappa shape index (κ1) is 20.3. The van der Waals surface area contributed by atoms with Crippen LogP contribution in [0.5, 0.6) is 0 Å². The Bertz CT molecular complexity index is 1290. The van der Waals surface area contributed by atoms with Gasteiger partial charge < -0.3 is 19.9 Å². The summed E-state index contributed by atoms with van der Waals surface area (Å²) in [7, 11) is 0. The molecule has 0 bridgehead atoms. The van der Waals surface area contributed by atoms with Gasteiger partial charge in [0.15, 0.2) is 0 Å². The first-order valence-corrected chi connectivity index (χ1v) is 10.9. The molecule has 5 rings (SSSR count). The van der Waals surface area contributed by atoms with E-state index in [-0.39, 0.29) is 12.1 Å². The van der Waals surface area contributed by atoms with Gasteiger partial charge in [0.25, 0.3) is 0 Å². The number of rotatable bonds is 3. The van der Waals surface area contributed by atoms with Crippen molar-refractivity contribution in [2.75, 3.05) is 18.0 Å². The van der Waals surface area contributed by atoms with Crippen LogP contribution in [0, 0.1) is 0 Å². The predicted molar refractivity (Wildman–Crippen MR) is 127 cm³/mol. The van der Waals surface area contributed by atoms with Gasteiger partial charge in [-0.1, -0.05) is 6.07 Å². The summed E-state index contributed by atoms with van der Waals surface area (Å²) < 4.78 is 5.42. The van der Waals surface area contributed by atoms with Gasteiger partial charge in [0, 0.05) is 53.7 Å². The number of pyridine rings is 2. The van der Waals surface area contributed by atoms with Gasteiger partial charge in [-0.3, -0.25) is 4.98 Å². The number of aromatic amines is 1. The van der Waals surface area contributed by atoms with Gasteiger partial charge in [0.05, 0.1) is 11.6 Å². The smallest absolute Gasteiger partial charge is 0.407 e. The van der Waals surface area contributed by atoms with E-state index in [0.29, 0.717) is 0 Å². The maximum atomic E-state index is 12.2. The first-order valence-electron chi connectivity index (χ1n) is 10.9. The van der Waals surface area contributed by atoms with Crippen molar-refractivity contribution in [3.63, 3.8) is 0 Å². The van der Waals surface area contributed by atoms with Crippen LogP contribution in [-0.4, -0.2) is 45.8 Å². The van der Waals surface area contributed by atoms with Crippen molar-refractivity contribution in [1.29, 1.82) is 0 Å². The van der Waals surface area contributed by atoms with E-state index in [0.717, 1.165) is 58.3 Å². The van der Waals surface area contributed by atoms with Gasteiger partial charge in [-0.05, 0) is 63.1 Å². The Morgan fingerprint density at radius 3 is 2.88 bits per heavy atom. The summed E-state index contributed by atoms with van der Waals surface area (Å²) in [5.41, 5.74) is 4.70. The highest BCUT2D eigenvalue weighted by Crippen LogP contribution is 2.34. The highest BCUT2D eigenvalue weighted by molar-refractivity contribution is 5.99. The molecule has 1 atom stereocenters. The van der Waals surface area contributed by atoms with Crippen molar-refractivity contribution >= 4 is 33.7 Å². The summed E-state index contributed by atoms with van der Waals surface area (Å²) in [6.07, 6.45) is 6.16. The quantitative estimate of drug-likeness (QED) is 0.485. The van der Waals surface area contributed by atoms with Crippen LogP contribution in [-0.2, 0) is 4.74 Å². The second-order valence-corrected chi connectivity index (χ2v) is 9.24. The molecule has 1 aliphatic heterocycles. The Kier molecular flexibility index (Phi) is 4.96. The number of nitrogens with zero attached hydrogens (tertiary/aromatic N) is 3. The van der Waals surface area contributed by atoms with Gasteiger partial charge in [-0.15, -0.1) is 0 Å². The zero-order valence-electron chi connectivity index (χ0n) is 18.6. The first-order chi connectivity index (χ1) is 15.4. The van der Waals surface area contributed by atoms with E-state index >= 15 is 0 Å². The maximum absolute atomic E-state index is 12.2. The van der Waals surface area contributed by atoms with Crippen LogP contribution in [0.15, 0.2) is 55.0 Å². The number of nitrogens with one attached hydrogen (secondary N) is 2. The van der Waals surface area contributed by atoms with Gasteiger partial charge in [-0.25, -0.2) is 9.78 Å². The van der Waals surface area contributed by atoms with Gasteiger partial charge >= 0.3 is 6.09 Å². The lowest BCUT2D eigenvalue weighted by molar-refractivity contribution is 0.0509. The van der Waals surface area contributed by atoms with Crippen molar-refractivity contribution in [3.05, 3.63) is 55.0 Å². The Hall–Kier alpha value is -3.61. The normalized spacial score (nSPS) is 16.6. The highest BCUT2D eigenvalue weighted by atomic mass is 16.6. The van der Waals surface area contributed by atoms with Gasteiger partial charge in [-0.2, -0.15) is 0 Å². The third kappa shape index (κ3) is 3.98. The molecular weight excluding hydrogens is 402 g/mol. The van der Waals surface area contributed by atoms with E-state index in [2.05, 4.69) is 55.5 Å². The zero-order chi connectivity index (χ0) is 22.3. The van der Waals surface area contributed by atoms with Crippen LogP contribution >= 0.6 is 0 Å². The SMILES string of the molecule is CC(C)(C)OC(=O)NC1CCN(c2ccnc3ccc(-c4c[nH]c5ncccc45)cc23)C1. The molecule has 2 N–H and O–H groups in total. The Labute approximate surface area is 186 Å². The summed E-state index contributed by atoms with van der Waals surface area (Å²) in [4.78, 5) is 26.7. The number of anilines is 1. The molecule has 1 aliphatic rings. The summed E-state index contributed by atoms with van der Waals surface area (Å²) in [6, 6.07) is 12.5. The van der Waals surface area contributed by atoms with E-state index < -0.39 is 5.60 Å². The Morgan fingerprint density at radius 1 is 1.16 bits per heavy atom. The van der Waals surface area contributed by atoms with Crippen LogP contribution in [0.3, 0.4) is 0 Å². The van der Waals surface area contributed by atoms with Crippen LogP contribution in [0.4, 0.5) is 10.5 Å². The molecule has 1 unspecified atom stereocenters. The summed E-state index contributed by atoms with van der Waals surface area (Å²) in [5, 5.41) is 5.20. The number of benzene rings is 1. The zero-order valence-corrected chi connectivity index (χ0v) is 18.6. The molecule has 0 saturated carbocycles. The van der Waals surface area contributed by atoms with Crippen molar-refractivity contribution in [2.24, 2.45) is 0 Å². The minimum absolute atomic E-state index is 0.0518. The second kappa shape index (κ2) is 7.82.